The predicted molar refractivity (Wildman–Crippen MR) is 77.6 cm³/mol. The maximum Gasteiger partial charge on any atom is 0.320 e. The van der Waals surface area contributed by atoms with Crippen LogP contribution in [0.5, 0.6) is 0 Å². The Bertz CT molecular complexity index is 622. The number of benzene rings is 1. The lowest BCUT2D eigenvalue weighted by Crippen LogP contribution is -2.40. The summed E-state index contributed by atoms with van der Waals surface area (Å²) >= 11 is 0. The van der Waals surface area contributed by atoms with Crippen molar-refractivity contribution in [3.05, 3.63) is 35.7 Å². The van der Waals surface area contributed by atoms with E-state index in [-0.39, 0.29) is 12.5 Å². The number of hydrogen-bond donors (Lipinski definition) is 2. The molecule has 0 aliphatic rings. The van der Waals surface area contributed by atoms with E-state index in [1.165, 1.54) is 0 Å². The smallest absolute Gasteiger partial charge is 0.320 e. The molecule has 0 saturated carbocycles. The molecule has 1 unspecified atom stereocenters. The van der Waals surface area contributed by atoms with Crippen LogP contribution in [0.3, 0.4) is 0 Å². The van der Waals surface area contributed by atoms with Crippen molar-refractivity contribution in [2.45, 2.75) is 33.4 Å². The van der Waals surface area contributed by atoms with Crippen molar-refractivity contribution in [3.63, 3.8) is 0 Å². The molecule has 2 rings (SSSR count). The Balaban J connectivity index is 2.05. The second-order valence-electron chi connectivity index (χ2n) is 5.33. The lowest BCUT2D eigenvalue weighted by Gasteiger charge is -2.16. The van der Waals surface area contributed by atoms with Crippen LogP contribution in [0.4, 0.5) is 0 Å². The number of rotatable bonds is 6. The molecule has 2 aromatic rings. The molecule has 0 fully saturated rings. The maximum atomic E-state index is 11.1. The van der Waals surface area contributed by atoms with Crippen LogP contribution < -0.4 is 5.32 Å². The van der Waals surface area contributed by atoms with Gasteiger partial charge in [0.2, 0.25) is 0 Å². The third-order valence-corrected chi connectivity index (χ3v) is 3.15. The van der Waals surface area contributed by atoms with E-state index in [1.807, 2.05) is 45.0 Å². The van der Waals surface area contributed by atoms with Crippen molar-refractivity contribution >= 4 is 5.97 Å². The summed E-state index contributed by atoms with van der Waals surface area (Å²) in [5, 5.41) is 15.9. The van der Waals surface area contributed by atoms with Crippen LogP contribution in [0.25, 0.3) is 11.5 Å². The Morgan fingerprint density at radius 2 is 2.19 bits per heavy atom. The molecule has 0 aliphatic carbocycles. The van der Waals surface area contributed by atoms with Crippen molar-refractivity contribution in [2.75, 3.05) is 0 Å². The highest BCUT2D eigenvalue weighted by Crippen LogP contribution is 2.18. The summed E-state index contributed by atoms with van der Waals surface area (Å²) < 4.78 is 5.21. The number of aliphatic carboxylic acids is 1. The molecule has 1 atom stereocenters. The molecule has 0 spiro atoms. The second-order valence-corrected chi connectivity index (χ2v) is 5.33. The first-order chi connectivity index (χ1) is 9.97. The molecule has 1 aromatic heterocycles. The van der Waals surface area contributed by atoms with Gasteiger partial charge in [0.05, 0.1) is 6.54 Å². The second kappa shape index (κ2) is 6.49. The quantitative estimate of drug-likeness (QED) is 0.848. The van der Waals surface area contributed by atoms with Gasteiger partial charge in [-0.25, -0.2) is 0 Å². The zero-order chi connectivity index (χ0) is 15.4. The van der Waals surface area contributed by atoms with Gasteiger partial charge >= 0.3 is 5.97 Å². The number of carbonyl (C=O) groups is 1. The molecule has 0 aliphatic heterocycles. The van der Waals surface area contributed by atoms with Gasteiger partial charge in [-0.3, -0.25) is 10.1 Å². The zero-order valence-electron chi connectivity index (χ0n) is 12.3. The molecular weight excluding hydrogens is 270 g/mol. The highest BCUT2D eigenvalue weighted by molar-refractivity contribution is 5.73. The fourth-order valence-corrected chi connectivity index (χ4v) is 2.03. The van der Waals surface area contributed by atoms with Crippen LogP contribution in [-0.2, 0) is 11.3 Å². The lowest BCUT2D eigenvalue weighted by molar-refractivity contribution is -0.140. The van der Waals surface area contributed by atoms with E-state index in [4.69, 9.17) is 9.63 Å². The minimum Gasteiger partial charge on any atom is -0.480 e. The Hall–Kier alpha value is -2.21. The minimum atomic E-state index is -0.882. The molecule has 112 valence electrons. The molecule has 6 heteroatoms. The van der Waals surface area contributed by atoms with Crippen LogP contribution >= 0.6 is 0 Å². The van der Waals surface area contributed by atoms with Crippen molar-refractivity contribution in [1.82, 2.24) is 15.5 Å². The molecule has 6 nitrogen and oxygen atoms in total. The molecule has 0 saturated heterocycles. The Kier molecular flexibility index (Phi) is 4.70. The number of nitrogens with zero attached hydrogens (tertiary/aromatic N) is 2. The van der Waals surface area contributed by atoms with Crippen LogP contribution in [0.1, 0.15) is 25.2 Å². The molecular formula is C15H19N3O3. The van der Waals surface area contributed by atoms with Gasteiger partial charge in [-0.05, 0) is 25.0 Å². The normalized spacial score (nSPS) is 12.6. The maximum absolute atomic E-state index is 11.1. The van der Waals surface area contributed by atoms with Crippen molar-refractivity contribution in [3.8, 4) is 11.5 Å². The topological polar surface area (TPSA) is 88.2 Å². The third kappa shape index (κ3) is 3.88. The van der Waals surface area contributed by atoms with E-state index in [0.717, 1.165) is 11.1 Å². The van der Waals surface area contributed by atoms with Gasteiger partial charge in [0.25, 0.3) is 5.89 Å². The Morgan fingerprint density at radius 1 is 1.43 bits per heavy atom. The summed E-state index contributed by atoms with van der Waals surface area (Å²) in [6.45, 7) is 5.94. The fraction of sp³-hybridized carbons (Fsp3) is 0.400. The van der Waals surface area contributed by atoms with Crippen molar-refractivity contribution in [2.24, 2.45) is 5.92 Å². The minimum absolute atomic E-state index is 0.0226. The van der Waals surface area contributed by atoms with E-state index in [2.05, 4.69) is 15.5 Å². The summed E-state index contributed by atoms with van der Waals surface area (Å²) in [6.07, 6.45) is 0. The van der Waals surface area contributed by atoms with Gasteiger partial charge < -0.3 is 9.63 Å². The monoisotopic (exact) mass is 289 g/mol. The lowest BCUT2D eigenvalue weighted by atomic mass is 10.1. The summed E-state index contributed by atoms with van der Waals surface area (Å²) in [6, 6.07) is 7.13. The van der Waals surface area contributed by atoms with Gasteiger partial charge in [-0.1, -0.05) is 36.7 Å². The fourth-order valence-electron chi connectivity index (χ4n) is 2.03. The Labute approximate surface area is 123 Å². The van der Waals surface area contributed by atoms with E-state index < -0.39 is 12.0 Å². The summed E-state index contributed by atoms with van der Waals surface area (Å²) in [5.74, 6) is -0.0247. The highest BCUT2D eigenvalue weighted by Gasteiger charge is 2.21. The third-order valence-electron chi connectivity index (χ3n) is 3.15. The number of carboxylic acids is 1. The number of carboxylic acid groups (broad SMARTS) is 1. The molecule has 1 aromatic carbocycles. The number of aromatic nitrogens is 2. The molecule has 2 N–H and O–H groups in total. The number of nitrogens with one attached hydrogen (secondary N) is 1. The largest absolute Gasteiger partial charge is 0.480 e. The summed E-state index contributed by atoms with van der Waals surface area (Å²) in [7, 11) is 0. The van der Waals surface area contributed by atoms with Crippen LogP contribution in [0.15, 0.2) is 28.8 Å². The van der Waals surface area contributed by atoms with Gasteiger partial charge in [0.15, 0.2) is 5.82 Å². The van der Waals surface area contributed by atoms with E-state index in [0.29, 0.717) is 11.7 Å². The van der Waals surface area contributed by atoms with Crippen molar-refractivity contribution < 1.29 is 14.4 Å². The highest BCUT2D eigenvalue weighted by atomic mass is 16.5. The number of aryl methyl sites for hydroxylation is 1. The molecule has 21 heavy (non-hydrogen) atoms. The zero-order valence-corrected chi connectivity index (χ0v) is 12.3. The summed E-state index contributed by atoms with van der Waals surface area (Å²) in [5.41, 5.74) is 1.96. The average Bonchev–Trinajstić information content (AvgIpc) is 2.87. The Morgan fingerprint density at radius 3 is 2.81 bits per heavy atom. The predicted octanol–water partition coefficient (Wildman–Crippen LogP) is 2.24. The van der Waals surface area contributed by atoms with Crippen LogP contribution in [0, 0.1) is 12.8 Å². The molecule has 0 radical (unpaired) electrons. The van der Waals surface area contributed by atoms with Gasteiger partial charge in [0.1, 0.15) is 6.04 Å². The van der Waals surface area contributed by atoms with Gasteiger partial charge in [-0.2, -0.15) is 4.98 Å². The van der Waals surface area contributed by atoms with E-state index in [9.17, 15) is 4.79 Å². The molecule has 1 heterocycles. The SMILES string of the molecule is Cc1cccc(-c2nc(CNC(C(=O)O)C(C)C)no2)c1. The summed E-state index contributed by atoms with van der Waals surface area (Å²) in [4.78, 5) is 15.4. The first-order valence-corrected chi connectivity index (χ1v) is 6.83. The van der Waals surface area contributed by atoms with Gasteiger partial charge in [-0.15, -0.1) is 0 Å². The van der Waals surface area contributed by atoms with E-state index in [1.54, 1.807) is 0 Å². The average molecular weight is 289 g/mol. The standard InChI is InChI=1S/C15H19N3O3/c1-9(2)13(15(19)20)16-8-12-17-14(21-18-12)11-6-4-5-10(3)7-11/h4-7,9,13,16H,8H2,1-3H3,(H,19,20). The number of hydrogen-bond acceptors (Lipinski definition) is 5. The van der Waals surface area contributed by atoms with E-state index >= 15 is 0 Å². The first-order valence-electron chi connectivity index (χ1n) is 6.83. The van der Waals surface area contributed by atoms with Crippen LogP contribution in [-0.4, -0.2) is 27.3 Å². The van der Waals surface area contributed by atoms with Crippen molar-refractivity contribution in [1.29, 1.82) is 0 Å². The van der Waals surface area contributed by atoms with Crippen LogP contribution in [0.2, 0.25) is 0 Å². The van der Waals surface area contributed by atoms with Gasteiger partial charge in [0, 0.05) is 5.56 Å². The molecule has 0 bridgehead atoms. The molecule has 0 amide bonds. The first kappa shape index (κ1) is 15.2.